The number of rotatable bonds is 5. The number of benzene rings is 1. The molecular weight excluding hydrogens is 313 g/mol. The van der Waals surface area contributed by atoms with Gasteiger partial charge in [-0.3, -0.25) is 4.79 Å². The standard InChI is InChI=1S/C13H18INO/c1-10-5-6-12(11(2)9-10)13(16)15-8-4-3-7-14/h5-6,9H,3-4,7-8H2,1-2H3,(H,15,16). The van der Waals surface area contributed by atoms with Gasteiger partial charge in [-0.15, -0.1) is 0 Å². The van der Waals surface area contributed by atoms with Crippen molar-refractivity contribution in [2.45, 2.75) is 26.7 Å². The van der Waals surface area contributed by atoms with Crippen molar-refractivity contribution < 1.29 is 4.79 Å². The monoisotopic (exact) mass is 331 g/mol. The highest BCUT2D eigenvalue weighted by molar-refractivity contribution is 14.1. The van der Waals surface area contributed by atoms with Crippen LogP contribution in [0.4, 0.5) is 0 Å². The number of aryl methyl sites for hydroxylation is 2. The lowest BCUT2D eigenvalue weighted by Gasteiger charge is -2.07. The third-order valence-electron chi connectivity index (χ3n) is 2.47. The van der Waals surface area contributed by atoms with Crippen molar-refractivity contribution in [1.29, 1.82) is 0 Å². The Bertz CT molecular complexity index is 363. The van der Waals surface area contributed by atoms with E-state index >= 15 is 0 Å². The molecule has 0 saturated heterocycles. The van der Waals surface area contributed by atoms with Crippen molar-refractivity contribution >= 4 is 28.5 Å². The van der Waals surface area contributed by atoms with Gasteiger partial charge >= 0.3 is 0 Å². The molecule has 0 saturated carbocycles. The molecule has 2 nitrogen and oxygen atoms in total. The zero-order valence-electron chi connectivity index (χ0n) is 9.85. The molecule has 0 aromatic heterocycles. The van der Waals surface area contributed by atoms with Crippen LogP contribution in [0.1, 0.15) is 34.3 Å². The van der Waals surface area contributed by atoms with Crippen LogP contribution in [-0.2, 0) is 0 Å². The van der Waals surface area contributed by atoms with Gasteiger partial charge in [-0.05, 0) is 42.7 Å². The molecule has 0 spiro atoms. The van der Waals surface area contributed by atoms with Crippen LogP contribution < -0.4 is 5.32 Å². The Labute approximate surface area is 111 Å². The zero-order valence-corrected chi connectivity index (χ0v) is 12.0. The molecule has 0 bridgehead atoms. The number of hydrogen-bond donors (Lipinski definition) is 1. The Morgan fingerprint density at radius 3 is 2.69 bits per heavy atom. The van der Waals surface area contributed by atoms with Crippen molar-refractivity contribution in [2.75, 3.05) is 11.0 Å². The average molecular weight is 331 g/mol. The summed E-state index contributed by atoms with van der Waals surface area (Å²) < 4.78 is 1.15. The maximum atomic E-state index is 11.8. The van der Waals surface area contributed by atoms with Crippen molar-refractivity contribution in [3.63, 3.8) is 0 Å². The predicted octanol–water partition coefficient (Wildman–Crippen LogP) is 3.25. The summed E-state index contributed by atoms with van der Waals surface area (Å²) in [6.07, 6.45) is 2.22. The van der Waals surface area contributed by atoms with Crippen LogP contribution in [-0.4, -0.2) is 16.9 Å². The number of alkyl halides is 1. The van der Waals surface area contributed by atoms with E-state index < -0.39 is 0 Å². The number of nitrogens with one attached hydrogen (secondary N) is 1. The van der Waals surface area contributed by atoms with Crippen molar-refractivity contribution in [3.05, 3.63) is 34.9 Å². The molecular formula is C13H18INO. The van der Waals surface area contributed by atoms with Crippen LogP contribution in [0.5, 0.6) is 0 Å². The number of halogens is 1. The maximum Gasteiger partial charge on any atom is 0.251 e. The van der Waals surface area contributed by atoms with Crippen LogP contribution in [0.2, 0.25) is 0 Å². The smallest absolute Gasteiger partial charge is 0.251 e. The molecule has 0 radical (unpaired) electrons. The molecule has 16 heavy (non-hydrogen) atoms. The highest BCUT2D eigenvalue weighted by Crippen LogP contribution is 2.10. The molecule has 88 valence electrons. The molecule has 1 rings (SSSR count). The summed E-state index contributed by atoms with van der Waals surface area (Å²) in [5.74, 6) is 0.0472. The summed E-state index contributed by atoms with van der Waals surface area (Å²) in [4.78, 5) is 11.8. The Balaban J connectivity index is 2.53. The van der Waals surface area contributed by atoms with Crippen LogP contribution in [0.25, 0.3) is 0 Å². The predicted molar refractivity (Wildman–Crippen MR) is 76.4 cm³/mol. The van der Waals surface area contributed by atoms with Gasteiger partial charge in [0.1, 0.15) is 0 Å². The number of unbranched alkanes of at least 4 members (excludes halogenated alkanes) is 1. The summed E-state index contributed by atoms with van der Waals surface area (Å²) in [6.45, 7) is 4.79. The number of carbonyl (C=O) groups is 1. The number of amides is 1. The van der Waals surface area contributed by atoms with E-state index in [0.717, 1.165) is 34.9 Å². The molecule has 0 atom stereocenters. The van der Waals surface area contributed by atoms with Gasteiger partial charge in [0, 0.05) is 12.1 Å². The Morgan fingerprint density at radius 2 is 2.06 bits per heavy atom. The van der Waals surface area contributed by atoms with E-state index in [-0.39, 0.29) is 5.91 Å². The molecule has 0 aliphatic carbocycles. The third-order valence-corrected chi connectivity index (χ3v) is 3.24. The van der Waals surface area contributed by atoms with Crippen LogP contribution in [0.3, 0.4) is 0 Å². The Morgan fingerprint density at radius 1 is 1.31 bits per heavy atom. The van der Waals surface area contributed by atoms with E-state index in [9.17, 15) is 4.79 Å². The number of hydrogen-bond acceptors (Lipinski definition) is 1. The second-order valence-electron chi connectivity index (χ2n) is 3.97. The van der Waals surface area contributed by atoms with E-state index in [1.807, 2.05) is 32.0 Å². The second kappa shape index (κ2) is 6.89. The van der Waals surface area contributed by atoms with Gasteiger partial charge in [0.05, 0.1) is 0 Å². The molecule has 0 fully saturated rings. The molecule has 1 amide bonds. The first kappa shape index (κ1) is 13.5. The first-order valence-electron chi connectivity index (χ1n) is 5.56. The summed E-state index contributed by atoms with van der Waals surface area (Å²) in [7, 11) is 0. The molecule has 0 aliphatic rings. The fraction of sp³-hybridized carbons (Fsp3) is 0.462. The van der Waals surface area contributed by atoms with E-state index in [1.165, 1.54) is 5.56 Å². The first-order valence-corrected chi connectivity index (χ1v) is 7.09. The highest BCUT2D eigenvalue weighted by Gasteiger charge is 2.07. The minimum Gasteiger partial charge on any atom is -0.352 e. The summed E-state index contributed by atoms with van der Waals surface area (Å²) >= 11 is 2.35. The summed E-state index contributed by atoms with van der Waals surface area (Å²) in [5, 5.41) is 2.95. The molecule has 0 unspecified atom stereocenters. The molecule has 0 heterocycles. The Kier molecular flexibility index (Phi) is 5.80. The normalized spacial score (nSPS) is 10.2. The maximum absolute atomic E-state index is 11.8. The van der Waals surface area contributed by atoms with Gasteiger partial charge in [0.15, 0.2) is 0 Å². The lowest BCUT2D eigenvalue weighted by atomic mass is 10.1. The molecule has 3 heteroatoms. The molecule has 0 aliphatic heterocycles. The van der Waals surface area contributed by atoms with Crippen molar-refractivity contribution in [2.24, 2.45) is 0 Å². The van der Waals surface area contributed by atoms with Crippen LogP contribution in [0, 0.1) is 13.8 Å². The van der Waals surface area contributed by atoms with Crippen molar-refractivity contribution in [3.8, 4) is 0 Å². The van der Waals surface area contributed by atoms with E-state index in [2.05, 4.69) is 27.9 Å². The number of carbonyl (C=O) groups excluding carboxylic acids is 1. The van der Waals surface area contributed by atoms with Gasteiger partial charge in [0.25, 0.3) is 5.91 Å². The molecule has 1 aromatic rings. The molecule has 1 N–H and O–H groups in total. The lowest BCUT2D eigenvalue weighted by Crippen LogP contribution is -2.25. The second-order valence-corrected chi connectivity index (χ2v) is 5.05. The summed E-state index contributed by atoms with van der Waals surface area (Å²) in [5.41, 5.74) is 3.03. The largest absolute Gasteiger partial charge is 0.352 e. The summed E-state index contributed by atoms with van der Waals surface area (Å²) in [6, 6.07) is 5.92. The fourth-order valence-electron chi connectivity index (χ4n) is 1.58. The highest BCUT2D eigenvalue weighted by atomic mass is 127. The minimum atomic E-state index is 0.0472. The lowest BCUT2D eigenvalue weighted by molar-refractivity contribution is 0.0952. The average Bonchev–Trinajstić information content (AvgIpc) is 2.24. The third kappa shape index (κ3) is 4.12. The zero-order chi connectivity index (χ0) is 12.0. The van der Waals surface area contributed by atoms with E-state index in [0.29, 0.717) is 0 Å². The SMILES string of the molecule is Cc1ccc(C(=O)NCCCCI)c(C)c1. The van der Waals surface area contributed by atoms with Crippen LogP contribution in [0.15, 0.2) is 18.2 Å². The van der Waals surface area contributed by atoms with Gasteiger partial charge < -0.3 is 5.32 Å². The van der Waals surface area contributed by atoms with Gasteiger partial charge in [-0.1, -0.05) is 40.3 Å². The fourth-order valence-corrected chi connectivity index (χ4v) is 2.12. The Hall–Kier alpha value is -0.580. The van der Waals surface area contributed by atoms with Crippen LogP contribution >= 0.6 is 22.6 Å². The van der Waals surface area contributed by atoms with Gasteiger partial charge in [-0.2, -0.15) is 0 Å². The van der Waals surface area contributed by atoms with Gasteiger partial charge in [0.2, 0.25) is 0 Å². The van der Waals surface area contributed by atoms with E-state index in [1.54, 1.807) is 0 Å². The van der Waals surface area contributed by atoms with Crippen molar-refractivity contribution in [1.82, 2.24) is 5.32 Å². The topological polar surface area (TPSA) is 29.1 Å². The van der Waals surface area contributed by atoms with E-state index in [4.69, 9.17) is 0 Å². The van der Waals surface area contributed by atoms with Gasteiger partial charge in [-0.25, -0.2) is 0 Å². The molecule has 1 aromatic carbocycles. The minimum absolute atomic E-state index is 0.0472. The quantitative estimate of drug-likeness (QED) is 0.501. The first-order chi connectivity index (χ1) is 7.65.